The molecule has 0 amide bonds. The second-order valence-electron chi connectivity index (χ2n) is 4.12. The van der Waals surface area contributed by atoms with Crippen molar-refractivity contribution in [2.24, 2.45) is 0 Å². The molecule has 17 heavy (non-hydrogen) atoms. The summed E-state index contributed by atoms with van der Waals surface area (Å²) >= 11 is 0. The van der Waals surface area contributed by atoms with Gasteiger partial charge in [0, 0.05) is 19.2 Å². The number of hydrogen-bond acceptors (Lipinski definition) is 2. The first-order valence-corrected chi connectivity index (χ1v) is 5.78. The first-order valence-electron chi connectivity index (χ1n) is 5.78. The van der Waals surface area contributed by atoms with Crippen molar-refractivity contribution in [3.8, 4) is 0 Å². The summed E-state index contributed by atoms with van der Waals surface area (Å²) < 4.78 is 31.0. The van der Waals surface area contributed by atoms with Gasteiger partial charge in [-0.05, 0) is 31.0 Å². The molecule has 0 aliphatic rings. The van der Waals surface area contributed by atoms with E-state index in [0.717, 1.165) is 18.1 Å². The van der Waals surface area contributed by atoms with Crippen LogP contribution in [-0.2, 0) is 4.74 Å². The number of rotatable bonds is 6. The van der Waals surface area contributed by atoms with Gasteiger partial charge >= 0.3 is 0 Å². The molecule has 96 valence electrons. The lowest BCUT2D eigenvalue weighted by Gasteiger charge is -2.22. The molecule has 2 nitrogen and oxygen atoms in total. The summed E-state index contributed by atoms with van der Waals surface area (Å²) in [5, 5.41) is 3.32. The minimum absolute atomic E-state index is 0.0369. The molecule has 1 aromatic carbocycles. The number of halogens is 2. The summed E-state index contributed by atoms with van der Waals surface area (Å²) in [5.41, 5.74) is 0.735. The molecule has 0 aliphatic heterocycles. The Morgan fingerprint density at radius 1 is 1.29 bits per heavy atom. The van der Waals surface area contributed by atoms with E-state index in [-0.39, 0.29) is 12.1 Å². The molecule has 0 bridgehead atoms. The van der Waals surface area contributed by atoms with Gasteiger partial charge in [0.25, 0.3) is 0 Å². The van der Waals surface area contributed by atoms with Crippen LogP contribution >= 0.6 is 0 Å². The SMILES string of the molecule is CCC(COC)NC(C)c1ccc(F)c(F)c1. The third-order valence-electron chi connectivity index (χ3n) is 2.79. The maximum absolute atomic E-state index is 13.1. The van der Waals surface area contributed by atoms with E-state index >= 15 is 0 Å². The van der Waals surface area contributed by atoms with Crippen molar-refractivity contribution in [2.45, 2.75) is 32.4 Å². The highest BCUT2D eigenvalue weighted by molar-refractivity contribution is 5.20. The van der Waals surface area contributed by atoms with Gasteiger partial charge in [0.15, 0.2) is 11.6 Å². The normalized spacial score (nSPS) is 14.6. The van der Waals surface area contributed by atoms with Gasteiger partial charge < -0.3 is 10.1 Å². The Bertz CT molecular complexity index is 357. The van der Waals surface area contributed by atoms with Gasteiger partial charge in [-0.3, -0.25) is 0 Å². The van der Waals surface area contributed by atoms with Crippen LogP contribution in [0.1, 0.15) is 31.9 Å². The first kappa shape index (κ1) is 14.1. The van der Waals surface area contributed by atoms with Crippen LogP contribution in [0.4, 0.5) is 8.78 Å². The summed E-state index contributed by atoms with van der Waals surface area (Å²) in [7, 11) is 1.65. The van der Waals surface area contributed by atoms with Gasteiger partial charge in [0.1, 0.15) is 0 Å². The molecular weight excluding hydrogens is 224 g/mol. The molecule has 0 aliphatic carbocycles. The highest BCUT2D eigenvalue weighted by Crippen LogP contribution is 2.16. The number of benzene rings is 1. The van der Waals surface area contributed by atoms with E-state index in [1.165, 1.54) is 6.07 Å². The zero-order valence-electron chi connectivity index (χ0n) is 10.5. The van der Waals surface area contributed by atoms with E-state index in [0.29, 0.717) is 6.61 Å². The van der Waals surface area contributed by atoms with E-state index < -0.39 is 11.6 Å². The van der Waals surface area contributed by atoms with Crippen molar-refractivity contribution in [3.05, 3.63) is 35.4 Å². The number of nitrogens with one attached hydrogen (secondary N) is 1. The van der Waals surface area contributed by atoms with E-state index in [2.05, 4.69) is 12.2 Å². The molecule has 0 radical (unpaired) electrons. The van der Waals surface area contributed by atoms with Crippen LogP contribution in [-0.4, -0.2) is 19.8 Å². The Hall–Kier alpha value is -1.00. The Labute approximate surface area is 101 Å². The van der Waals surface area contributed by atoms with Crippen molar-refractivity contribution < 1.29 is 13.5 Å². The first-order chi connectivity index (χ1) is 8.08. The second kappa shape index (κ2) is 6.67. The van der Waals surface area contributed by atoms with Crippen LogP contribution in [0, 0.1) is 11.6 Å². The van der Waals surface area contributed by atoms with E-state index in [9.17, 15) is 8.78 Å². The van der Waals surface area contributed by atoms with E-state index in [4.69, 9.17) is 4.74 Å². The minimum Gasteiger partial charge on any atom is -0.383 e. The second-order valence-corrected chi connectivity index (χ2v) is 4.12. The molecule has 0 heterocycles. The summed E-state index contributed by atoms with van der Waals surface area (Å²) in [6.45, 7) is 4.57. The maximum atomic E-state index is 13.1. The fraction of sp³-hybridized carbons (Fsp3) is 0.538. The summed E-state index contributed by atoms with van der Waals surface area (Å²) in [6.07, 6.45) is 0.919. The lowest BCUT2D eigenvalue weighted by atomic mass is 10.1. The van der Waals surface area contributed by atoms with Crippen molar-refractivity contribution in [1.29, 1.82) is 0 Å². The highest BCUT2D eigenvalue weighted by Gasteiger charge is 2.13. The third kappa shape index (κ3) is 4.06. The molecule has 1 N–H and O–H groups in total. The smallest absolute Gasteiger partial charge is 0.159 e. The Morgan fingerprint density at radius 2 is 2.00 bits per heavy atom. The topological polar surface area (TPSA) is 21.3 Å². The van der Waals surface area contributed by atoms with Gasteiger partial charge in [-0.2, -0.15) is 0 Å². The summed E-state index contributed by atoms with van der Waals surface area (Å²) in [4.78, 5) is 0. The van der Waals surface area contributed by atoms with Crippen LogP contribution in [0.3, 0.4) is 0 Å². The number of methoxy groups -OCH3 is 1. The summed E-state index contributed by atoms with van der Waals surface area (Å²) in [5.74, 6) is -1.62. The maximum Gasteiger partial charge on any atom is 0.159 e. The van der Waals surface area contributed by atoms with Gasteiger partial charge in [-0.1, -0.05) is 13.0 Å². The quantitative estimate of drug-likeness (QED) is 0.829. The van der Waals surface area contributed by atoms with Gasteiger partial charge in [0.05, 0.1) is 6.61 Å². The molecule has 1 aromatic rings. The van der Waals surface area contributed by atoms with Crippen LogP contribution in [0.2, 0.25) is 0 Å². The van der Waals surface area contributed by atoms with Crippen LogP contribution < -0.4 is 5.32 Å². The predicted octanol–water partition coefficient (Wildman–Crippen LogP) is 3.04. The Morgan fingerprint density at radius 3 is 2.53 bits per heavy atom. The van der Waals surface area contributed by atoms with E-state index in [1.54, 1.807) is 13.2 Å². The molecule has 4 heteroatoms. The fourth-order valence-corrected chi connectivity index (χ4v) is 1.72. The van der Waals surface area contributed by atoms with Crippen molar-refractivity contribution in [3.63, 3.8) is 0 Å². The van der Waals surface area contributed by atoms with E-state index in [1.807, 2.05) is 6.92 Å². The minimum atomic E-state index is -0.815. The monoisotopic (exact) mass is 243 g/mol. The zero-order chi connectivity index (χ0) is 12.8. The molecular formula is C13H19F2NO. The molecule has 0 saturated heterocycles. The zero-order valence-corrected chi connectivity index (χ0v) is 10.5. The molecule has 0 spiro atoms. The number of ether oxygens (including phenoxy) is 1. The lowest BCUT2D eigenvalue weighted by Crippen LogP contribution is -2.34. The average molecular weight is 243 g/mol. The molecule has 2 atom stereocenters. The Balaban J connectivity index is 2.68. The van der Waals surface area contributed by atoms with Crippen LogP contribution in [0.15, 0.2) is 18.2 Å². The lowest BCUT2D eigenvalue weighted by molar-refractivity contribution is 0.159. The third-order valence-corrected chi connectivity index (χ3v) is 2.79. The molecule has 2 unspecified atom stereocenters. The van der Waals surface area contributed by atoms with Gasteiger partial charge in [-0.25, -0.2) is 8.78 Å². The average Bonchev–Trinajstić information content (AvgIpc) is 2.31. The Kier molecular flexibility index (Phi) is 5.51. The van der Waals surface area contributed by atoms with Crippen molar-refractivity contribution in [2.75, 3.05) is 13.7 Å². The predicted molar refractivity (Wildman–Crippen MR) is 63.9 cm³/mol. The van der Waals surface area contributed by atoms with Crippen molar-refractivity contribution >= 4 is 0 Å². The van der Waals surface area contributed by atoms with Crippen LogP contribution in [0.5, 0.6) is 0 Å². The number of hydrogen-bond donors (Lipinski definition) is 1. The van der Waals surface area contributed by atoms with Crippen LogP contribution in [0.25, 0.3) is 0 Å². The highest BCUT2D eigenvalue weighted by atomic mass is 19.2. The molecule has 1 rings (SSSR count). The molecule has 0 saturated carbocycles. The van der Waals surface area contributed by atoms with Crippen molar-refractivity contribution in [1.82, 2.24) is 5.32 Å². The summed E-state index contributed by atoms with van der Waals surface area (Å²) in [6, 6.07) is 4.15. The molecule has 0 fully saturated rings. The van der Waals surface area contributed by atoms with Gasteiger partial charge in [0.2, 0.25) is 0 Å². The largest absolute Gasteiger partial charge is 0.383 e. The standard InChI is InChI=1S/C13H19F2NO/c1-4-11(8-17-3)16-9(2)10-5-6-12(14)13(15)7-10/h5-7,9,11,16H,4,8H2,1-3H3. The van der Waals surface area contributed by atoms with Gasteiger partial charge in [-0.15, -0.1) is 0 Å². The molecule has 0 aromatic heterocycles. The fourth-order valence-electron chi connectivity index (χ4n) is 1.72.